The van der Waals surface area contributed by atoms with Crippen LogP contribution in [-0.2, 0) is 19.0 Å². The summed E-state index contributed by atoms with van der Waals surface area (Å²) < 4.78 is 18.1. The number of aliphatic hydroxyl groups excluding tert-OH is 2. The van der Waals surface area contributed by atoms with Gasteiger partial charge in [-0.05, 0) is 72.3 Å². The summed E-state index contributed by atoms with van der Waals surface area (Å²) in [6.45, 7) is 19.3. The van der Waals surface area contributed by atoms with Crippen LogP contribution in [0.3, 0.4) is 0 Å². The van der Waals surface area contributed by atoms with Crippen molar-refractivity contribution in [2.45, 2.75) is 142 Å². The molecule has 0 aromatic heterocycles. The van der Waals surface area contributed by atoms with Crippen LogP contribution < -0.4 is 0 Å². The minimum Gasteiger partial charge on any atom is -0.459 e. The van der Waals surface area contributed by atoms with Crippen molar-refractivity contribution in [1.82, 2.24) is 4.90 Å². The summed E-state index contributed by atoms with van der Waals surface area (Å²) in [5.41, 5.74) is -3.61. The number of rotatable bonds is 3. The monoisotopic (exact) mass is 573 g/mol. The van der Waals surface area contributed by atoms with Gasteiger partial charge in [0.15, 0.2) is 0 Å². The van der Waals surface area contributed by atoms with Gasteiger partial charge in [0.1, 0.15) is 23.9 Å². The van der Waals surface area contributed by atoms with Gasteiger partial charge in [0.05, 0.1) is 29.3 Å². The van der Waals surface area contributed by atoms with E-state index in [0.717, 1.165) is 0 Å². The van der Waals surface area contributed by atoms with Crippen LogP contribution in [0.1, 0.15) is 88.5 Å². The molecule has 2 heterocycles. The van der Waals surface area contributed by atoms with Gasteiger partial charge in [-0.2, -0.15) is 0 Å². The van der Waals surface area contributed by atoms with Crippen LogP contribution in [0, 0.1) is 29.6 Å². The SMILES string of the molecule is CC[C@H]1OC(=O)[C@H](C)C([C@H]2C[C@@](C)(OC)[C@@H](O)[C@H](C)O2)[C@H](C)[C@@H](C)[C@](C)(O)C[C@@H](C)CN(C)[C@H](C)[C@@H](O)[C@]1(C)O. The number of cyclic esters (lactones) is 1. The Balaban J connectivity index is 2.62. The minimum atomic E-state index is -1.68. The van der Waals surface area contributed by atoms with Crippen LogP contribution in [0.15, 0.2) is 0 Å². The van der Waals surface area contributed by atoms with Crippen LogP contribution >= 0.6 is 0 Å². The van der Waals surface area contributed by atoms with Gasteiger partial charge < -0.3 is 39.5 Å². The smallest absolute Gasteiger partial charge is 0.309 e. The third-order valence-electron chi connectivity index (χ3n) is 10.7. The maximum Gasteiger partial charge on any atom is 0.309 e. The fourth-order valence-electron chi connectivity index (χ4n) is 7.42. The highest BCUT2D eigenvalue weighted by molar-refractivity contribution is 5.73. The first kappa shape index (κ1) is 35.4. The second kappa shape index (κ2) is 13.2. The highest BCUT2D eigenvalue weighted by atomic mass is 16.6. The summed E-state index contributed by atoms with van der Waals surface area (Å²) in [5.74, 6) is -1.83. The molecule has 0 aliphatic carbocycles. The molecule has 2 aliphatic rings. The molecule has 0 bridgehead atoms. The van der Waals surface area contributed by atoms with Crippen molar-refractivity contribution in [3.8, 4) is 0 Å². The van der Waals surface area contributed by atoms with E-state index < -0.39 is 65.3 Å². The topological polar surface area (TPSA) is 129 Å². The van der Waals surface area contributed by atoms with Crippen molar-refractivity contribution in [2.75, 3.05) is 20.7 Å². The average Bonchev–Trinajstić information content (AvgIpc) is 2.87. The molecule has 14 atom stereocenters. The molecule has 40 heavy (non-hydrogen) atoms. The highest BCUT2D eigenvalue weighted by Crippen LogP contribution is 2.45. The largest absolute Gasteiger partial charge is 0.459 e. The molecule has 9 heteroatoms. The fraction of sp³-hybridized carbons (Fsp3) is 0.968. The first-order chi connectivity index (χ1) is 18.2. The lowest BCUT2D eigenvalue weighted by atomic mass is 9.65. The van der Waals surface area contributed by atoms with E-state index in [9.17, 15) is 25.2 Å². The third-order valence-corrected chi connectivity index (χ3v) is 10.7. The molecule has 0 amide bonds. The number of esters is 1. The number of likely N-dealkylation sites (N-methyl/N-ethyl adjacent to an activating group) is 1. The van der Waals surface area contributed by atoms with Gasteiger partial charge in [0.25, 0.3) is 0 Å². The first-order valence-electron chi connectivity index (χ1n) is 15.2. The van der Waals surface area contributed by atoms with Crippen LogP contribution in [0.2, 0.25) is 0 Å². The Morgan fingerprint density at radius 2 is 1.57 bits per heavy atom. The summed E-state index contributed by atoms with van der Waals surface area (Å²) >= 11 is 0. The van der Waals surface area contributed by atoms with Crippen molar-refractivity contribution >= 4 is 5.97 Å². The molecule has 0 aromatic carbocycles. The normalized spacial score (nSPS) is 51.0. The van der Waals surface area contributed by atoms with Crippen molar-refractivity contribution in [1.29, 1.82) is 0 Å². The first-order valence-corrected chi connectivity index (χ1v) is 15.2. The zero-order valence-corrected chi connectivity index (χ0v) is 27.0. The van der Waals surface area contributed by atoms with Gasteiger partial charge in [-0.3, -0.25) is 4.79 Å². The summed E-state index contributed by atoms with van der Waals surface area (Å²) in [4.78, 5) is 15.8. The van der Waals surface area contributed by atoms with Gasteiger partial charge in [0.2, 0.25) is 0 Å². The second-order valence-corrected chi connectivity index (χ2v) is 13.9. The molecule has 2 fully saturated rings. The quantitative estimate of drug-likeness (QED) is 0.377. The van der Waals surface area contributed by atoms with E-state index in [1.165, 1.54) is 6.92 Å². The molecular formula is C31H59NO8. The number of nitrogens with zero attached hydrogens (tertiary/aromatic N) is 1. The van der Waals surface area contributed by atoms with E-state index in [1.807, 2.05) is 60.4 Å². The van der Waals surface area contributed by atoms with Crippen molar-refractivity contribution in [2.24, 2.45) is 29.6 Å². The number of hydrogen-bond acceptors (Lipinski definition) is 9. The molecule has 0 aromatic rings. The van der Waals surface area contributed by atoms with Crippen LogP contribution in [-0.4, -0.2) is 105 Å². The fourth-order valence-corrected chi connectivity index (χ4v) is 7.42. The molecule has 2 aliphatic heterocycles. The highest BCUT2D eigenvalue weighted by Gasteiger charge is 2.52. The van der Waals surface area contributed by atoms with E-state index in [1.54, 1.807) is 14.0 Å². The van der Waals surface area contributed by atoms with Gasteiger partial charge in [-0.25, -0.2) is 0 Å². The molecular weight excluding hydrogens is 514 g/mol. The van der Waals surface area contributed by atoms with Gasteiger partial charge in [0, 0.05) is 32.0 Å². The number of hydrogen-bond donors (Lipinski definition) is 4. The Morgan fingerprint density at radius 1 is 1.00 bits per heavy atom. The van der Waals surface area contributed by atoms with Gasteiger partial charge in [-0.1, -0.05) is 34.6 Å². The lowest BCUT2D eigenvalue weighted by Gasteiger charge is -2.50. The lowest BCUT2D eigenvalue weighted by molar-refractivity contribution is -0.236. The second-order valence-electron chi connectivity index (χ2n) is 13.9. The Morgan fingerprint density at radius 3 is 2.10 bits per heavy atom. The van der Waals surface area contributed by atoms with E-state index in [4.69, 9.17) is 14.2 Å². The zero-order chi connectivity index (χ0) is 31.0. The van der Waals surface area contributed by atoms with Crippen LogP contribution in [0.5, 0.6) is 0 Å². The third kappa shape index (κ3) is 7.21. The van der Waals surface area contributed by atoms with Crippen molar-refractivity contribution in [3.05, 3.63) is 0 Å². The summed E-state index contributed by atoms with van der Waals surface area (Å²) in [7, 11) is 3.47. The van der Waals surface area contributed by atoms with Crippen LogP contribution in [0.4, 0.5) is 0 Å². The maximum absolute atomic E-state index is 13.8. The minimum absolute atomic E-state index is 0.0907. The predicted octanol–water partition coefficient (Wildman–Crippen LogP) is 3.00. The Labute approximate surface area is 242 Å². The molecule has 0 radical (unpaired) electrons. The number of methoxy groups -OCH3 is 1. The van der Waals surface area contributed by atoms with Crippen molar-refractivity contribution < 1.29 is 39.4 Å². The molecule has 236 valence electrons. The van der Waals surface area contributed by atoms with E-state index >= 15 is 0 Å². The Bertz CT molecular complexity index is 836. The Kier molecular flexibility index (Phi) is 11.7. The van der Waals surface area contributed by atoms with Crippen molar-refractivity contribution in [3.63, 3.8) is 0 Å². The predicted molar refractivity (Wildman–Crippen MR) is 155 cm³/mol. The van der Waals surface area contributed by atoms with E-state index in [2.05, 4.69) is 6.92 Å². The summed E-state index contributed by atoms with van der Waals surface area (Å²) in [6.07, 6.45) is -2.72. The number of ether oxygens (including phenoxy) is 3. The number of carbonyl (C=O) groups is 1. The lowest BCUT2D eigenvalue weighted by Crippen LogP contribution is -2.60. The Hall–Kier alpha value is -0.810. The average molecular weight is 574 g/mol. The molecule has 0 spiro atoms. The molecule has 1 unspecified atom stereocenters. The van der Waals surface area contributed by atoms with E-state index in [-0.39, 0.29) is 23.7 Å². The summed E-state index contributed by atoms with van der Waals surface area (Å²) in [6, 6.07) is -0.419. The summed E-state index contributed by atoms with van der Waals surface area (Å²) in [5, 5.41) is 45.4. The number of aliphatic hydroxyl groups is 4. The molecule has 2 saturated heterocycles. The van der Waals surface area contributed by atoms with Crippen LogP contribution in [0.25, 0.3) is 0 Å². The van der Waals surface area contributed by atoms with Gasteiger partial charge >= 0.3 is 5.97 Å². The molecule has 0 saturated carbocycles. The zero-order valence-electron chi connectivity index (χ0n) is 27.0. The number of carbonyl (C=O) groups excluding carboxylic acids is 1. The van der Waals surface area contributed by atoms with Gasteiger partial charge in [-0.15, -0.1) is 0 Å². The maximum atomic E-state index is 13.8. The standard InChI is InChI=1S/C31H59NO8/c1-13-24-31(10,37)26(33)21(6)32(11)16-17(2)14-29(8,36)20(5)18(3)25(19(4)28(35)40-24)23-15-30(9,38-12)27(34)22(7)39-23/h17-27,33-34,36-37H,13-16H2,1-12H3/t17-,18-,19-,20-,21-,22+,23-,24-,25?,26-,27+,29-,30-,31-/m1/s1. The molecule has 2 rings (SSSR count). The molecule has 9 nitrogen and oxygen atoms in total. The molecule has 4 N–H and O–H groups in total. The van der Waals surface area contributed by atoms with E-state index in [0.29, 0.717) is 25.8 Å².